The Balaban J connectivity index is 1.26. The summed E-state index contributed by atoms with van der Waals surface area (Å²) in [6, 6.07) is -0.0645. The first-order valence-corrected chi connectivity index (χ1v) is 10.5. The van der Waals surface area contributed by atoms with Gasteiger partial charge in [0.2, 0.25) is 0 Å². The van der Waals surface area contributed by atoms with Gasteiger partial charge in [-0.2, -0.15) is 0 Å². The third kappa shape index (κ3) is 3.92. The SMILES string of the molecule is CCOC(=O)N1CCC(NC(=O)C(=O)NC23CC4CC(CC(C4)C2)C3)CC1. The number of hydrogen-bond acceptors (Lipinski definition) is 4. The van der Waals surface area contributed by atoms with Gasteiger partial charge in [0.15, 0.2) is 0 Å². The molecular formula is C20H31N3O4. The zero-order valence-electron chi connectivity index (χ0n) is 16.2. The predicted octanol–water partition coefficient (Wildman–Crippen LogP) is 1.81. The van der Waals surface area contributed by atoms with Crippen molar-refractivity contribution in [3.05, 3.63) is 0 Å². The average molecular weight is 377 g/mol. The minimum absolute atomic E-state index is 0.0645. The largest absolute Gasteiger partial charge is 0.450 e. The van der Waals surface area contributed by atoms with E-state index < -0.39 is 11.8 Å². The lowest BCUT2D eigenvalue weighted by atomic mass is 9.53. The summed E-state index contributed by atoms with van der Waals surface area (Å²) >= 11 is 0. The summed E-state index contributed by atoms with van der Waals surface area (Å²) in [6.45, 7) is 3.23. The summed E-state index contributed by atoms with van der Waals surface area (Å²) < 4.78 is 5.01. The van der Waals surface area contributed by atoms with E-state index in [9.17, 15) is 14.4 Å². The second kappa shape index (κ2) is 7.32. The molecule has 5 fully saturated rings. The molecule has 7 heteroatoms. The number of hydrogen-bond donors (Lipinski definition) is 2. The van der Waals surface area contributed by atoms with Crippen LogP contribution < -0.4 is 10.6 Å². The predicted molar refractivity (Wildman–Crippen MR) is 98.8 cm³/mol. The zero-order valence-corrected chi connectivity index (χ0v) is 16.2. The van der Waals surface area contributed by atoms with Gasteiger partial charge in [-0.15, -0.1) is 0 Å². The van der Waals surface area contributed by atoms with Crippen molar-refractivity contribution in [3.8, 4) is 0 Å². The van der Waals surface area contributed by atoms with Gasteiger partial charge in [0.05, 0.1) is 6.61 Å². The summed E-state index contributed by atoms with van der Waals surface area (Å²) in [5, 5.41) is 5.99. The maximum Gasteiger partial charge on any atom is 0.409 e. The summed E-state index contributed by atoms with van der Waals surface area (Å²) in [6.07, 6.45) is 8.02. The summed E-state index contributed by atoms with van der Waals surface area (Å²) in [5.74, 6) is 1.18. The molecule has 150 valence electrons. The van der Waals surface area contributed by atoms with Crippen molar-refractivity contribution in [2.45, 2.75) is 69.9 Å². The van der Waals surface area contributed by atoms with Crippen LogP contribution in [0, 0.1) is 17.8 Å². The Morgan fingerprint density at radius 3 is 2.04 bits per heavy atom. The highest BCUT2D eigenvalue weighted by Crippen LogP contribution is 2.55. The van der Waals surface area contributed by atoms with Gasteiger partial charge >= 0.3 is 17.9 Å². The second-order valence-electron chi connectivity index (χ2n) is 9.09. The number of amides is 3. The zero-order chi connectivity index (χ0) is 19.0. The maximum atomic E-state index is 12.6. The fourth-order valence-corrected chi connectivity index (χ4v) is 6.23. The lowest BCUT2D eigenvalue weighted by Crippen LogP contribution is -2.62. The first kappa shape index (κ1) is 18.6. The molecule has 0 atom stereocenters. The lowest BCUT2D eigenvalue weighted by molar-refractivity contribution is -0.143. The summed E-state index contributed by atoms with van der Waals surface area (Å²) in [7, 11) is 0. The normalized spacial score (nSPS) is 35.0. The van der Waals surface area contributed by atoms with Gasteiger partial charge in [-0.1, -0.05) is 0 Å². The van der Waals surface area contributed by atoms with Crippen LogP contribution in [0.3, 0.4) is 0 Å². The third-order valence-electron chi connectivity index (χ3n) is 6.98. The Hall–Kier alpha value is -1.79. The molecule has 5 aliphatic rings. The monoisotopic (exact) mass is 377 g/mol. The fraction of sp³-hybridized carbons (Fsp3) is 0.850. The molecule has 0 spiro atoms. The van der Waals surface area contributed by atoms with Crippen LogP contribution in [0.1, 0.15) is 58.3 Å². The molecule has 0 aromatic heterocycles. The van der Waals surface area contributed by atoms with Gasteiger partial charge in [0.25, 0.3) is 0 Å². The molecule has 4 bridgehead atoms. The van der Waals surface area contributed by atoms with Gasteiger partial charge in [0.1, 0.15) is 0 Å². The van der Waals surface area contributed by atoms with Gasteiger partial charge < -0.3 is 20.3 Å². The molecular weight excluding hydrogens is 346 g/mol. The molecule has 0 radical (unpaired) electrons. The Morgan fingerprint density at radius 2 is 1.52 bits per heavy atom. The molecule has 27 heavy (non-hydrogen) atoms. The topological polar surface area (TPSA) is 87.7 Å². The van der Waals surface area contributed by atoms with E-state index in [1.54, 1.807) is 11.8 Å². The summed E-state index contributed by atoms with van der Waals surface area (Å²) in [4.78, 5) is 38.4. The number of piperidine rings is 1. The number of ether oxygens (including phenoxy) is 1. The van der Waals surface area contributed by atoms with Crippen molar-refractivity contribution in [2.75, 3.05) is 19.7 Å². The molecule has 4 aliphatic carbocycles. The van der Waals surface area contributed by atoms with Gasteiger partial charge in [-0.05, 0) is 76.0 Å². The van der Waals surface area contributed by atoms with Crippen LogP contribution in [-0.2, 0) is 14.3 Å². The molecule has 4 saturated carbocycles. The molecule has 1 aliphatic heterocycles. The number of carbonyl (C=O) groups excluding carboxylic acids is 3. The smallest absolute Gasteiger partial charge is 0.409 e. The molecule has 1 saturated heterocycles. The van der Waals surface area contributed by atoms with Gasteiger partial charge in [-0.3, -0.25) is 9.59 Å². The van der Waals surface area contributed by atoms with Crippen molar-refractivity contribution in [1.29, 1.82) is 0 Å². The van der Waals surface area contributed by atoms with Gasteiger partial charge in [-0.25, -0.2) is 4.79 Å². The number of nitrogens with zero attached hydrogens (tertiary/aromatic N) is 1. The molecule has 0 unspecified atom stereocenters. The Bertz CT molecular complexity index is 577. The van der Waals surface area contributed by atoms with E-state index in [2.05, 4.69) is 10.6 Å². The highest BCUT2D eigenvalue weighted by molar-refractivity contribution is 6.35. The minimum Gasteiger partial charge on any atom is -0.450 e. The van der Waals surface area contributed by atoms with E-state index in [0.29, 0.717) is 32.5 Å². The standard InChI is InChI=1S/C20H31N3O4/c1-2-27-19(26)23-5-3-16(4-6-23)21-17(24)18(25)22-20-10-13-7-14(11-20)9-15(8-13)12-20/h13-16H,2-12H2,1H3,(H,21,24)(H,22,25). The molecule has 7 nitrogen and oxygen atoms in total. The average Bonchev–Trinajstić information content (AvgIpc) is 2.61. The number of rotatable bonds is 3. The lowest BCUT2D eigenvalue weighted by Gasteiger charge is -2.56. The van der Waals surface area contributed by atoms with E-state index in [4.69, 9.17) is 4.74 Å². The van der Waals surface area contributed by atoms with Crippen LogP contribution in [0.25, 0.3) is 0 Å². The van der Waals surface area contributed by atoms with Crippen molar-refractivity contribution < 1.29 is 19.1 Å². The molecule has 0 aromatic carbocycles. The summed E-state index contributed by atoms with van der Waals surface area (Å²) in [5.41, 5.74) is -0.142. The molecule has 0 aromatic rings. The molecule has 3 amide bonds. The van der Waals surface area contributed by atoms with Crippen LogP contribution >= 0.6 is 0 Å². The molecule has 1 heterocycles. The van der Waals surface area contributed by atoms with Gasteiger partial charge in [0, 0.05) is 24.7 Å². The second-order valence-corrected chi connectivity index (χ2v) is 9.09. The van der Waals surface area contributed by atoms with Crippen LogP contribution in [0.2, 0.25) is 0 Å². The van der Waals surface area contributed by atoms with E-state index >= 15 is 0 Å². The minimum atomic E-state index is -0.527. The quantitative estimate of drug-likeness (QED) is 0.734. The van der Waals surface area contributed by atoms with E-state index in [0.717, 1.165) is 37.0 Å². The van der Waals surface area contributed by atoms with E-state index in [1.165, 1.54) is 19.3 Å². The highest BCUT2D eigenvalue weighted by atomic mass is 16.6. The van der Waals surface area contributed by atoms with Crippen LogP contribution in [0.5, 0.6) is 0 Å². The fourth-order valence-electron chi connectivity index (χ4n) is 6.23. The van der Waals surface area contributed by atoms with Crippen LogP contribution in [0.15, 0.2) is 0 Å². The third-order valence-corrected chi connectivity index (χ3v) is 6.98. The first-order valence-electron chi connectivity index (χ1n) is 10.5. The Labute approximate surface area is 160 Å². The first-order chi connectivity index (χ1) is 13.0. The number of likely N-dealkylation sites (tertiary alicyclic amines) is 1. The van der Waals surface area contributed by atoms with E-state index in [-0.39, 0.29) is 17.7 Å². The Kier molecular flexibility index (Phi) is 5.03. The van der Waals surface area contributed by atoms with E-state index in [1.807, 2.05) is 0 Å². The van der Waals surface area contributed by atoms with Crippen molar-refractivity contribution >= 4 is 17.9 Å². The van der Waals surface area contributed by atoms with Crippen molar-refractivity contribution in [2.24, 2.45) is 17.8 Å². The maximum absolute atomic E-state index is 12.6. The van der Waals surface area contributed by atoms with Crippen molar-refractivity contribution in [3.63, 3.8) is 0 Å². The molecule has 5 rings (SSSR count). The highest BCUT2D eigenvalue weighted by Gasteiger charge is 2.52. The number of carbonyl (C=O) groups is 3. The number of nitrogens with one attached hydrogen (secondary N) is 2. The van der Waals surface area contributed by atoms with Crippen LogP contribution in [-0.4, -0.2) is 54.1 Å². The molecule has 2 N–H and O–H groups in total. The van der Waals surface area contributed by atoms with Crippen molar-refractivity contribution in [1.82, 2.24) is 15.5 Å². The Morgan fingerprint density at radius 1 is 0.963 bits per heavy atom. The van der Waals surface area contributed by atoms with Crippen LogP contribution in [0.4, 0.5) is 4.79 Å².